The van der Waals surface area contributed by atoms with Gasteiger partial charge in [0, 0.05) is 44.0 Å². The Kier molecular flexibility index (Phi) is 5.76. The van der Waals surface area contributed by atoms with Crippen molar-refractivity contribution in [2.45, 2.75) is 13.5 Å². The summed E-state index contributed by atoms with van der Waals surface area (Å²) in [6.45, 7) is 6.29. The topological polar surface area (TPSA) is 74.2 Å². The molecule has 4 rings (SSSR count). The predicted molar refractivity (Wildman–Crippen MR) is 113 cm³/mol. The molecular weight excluding hydrogens is 364 g/mol. The summed E-state index contributed by atoms with van der Waals surface area (Å²) < 4.78 is 0. The summed E-state index contributed by atoms with van der Waals surface area (Å²) >= 11 is 0. The summed E-state index contributed by atoms with van der Waals surface area (Å²) in [4.78, 5) is 20.7. The normalized spacial score (nSPS) is 14.6. The minimum atomic E-state index is 0.0443. The number of benzene rings is 2. The lowest BCUT2D eigenvalue weighted by molar-refractivity contribution is 0.101. The highest BCUT2D eigenvalue weighted by Gasteiger charge is 2.19. The molecule has 1 fully saturated rings. The molecule has 2 aromatic carbocycles. The van der Waals surface area contributed by atoms with Gasteiger partial charge >= 0.3 is 0 Å². The molecule has 0 amide bonds. The third kappa shape index (κ3) is 4.94. The molecular formula is C22H24N6O. The van der Waals surface area contributed by atoms with E-state index in [4.69, 9.17) is 0 Å². The number of aromatic nitrogens is 3. The lowest BCUT2D eigenvalue weighted by Crippen LogP contribution is -2.46. The van der Waals surface area contributed by atoms with Crippen LogP contribution in [0.4, 0.5) is 17.5 Å². The van der Waals surface area contributed by atoms with E-state index in [1.54, 1.807) is 25.3 Å². The van der Waals surface area contributed by atoms with Gasteiger partial charge in [0.25, 0.3) is 0 Å². The van der Waals surface area contributed by atoms with Gasteiger partial charge in [-0.1, -0.05) is 30.3 Å². The van der Waals surface area contributed by atoms with Crippen LogP contribution in [-0.2, 0) is 6.54 Å². The maximum Gasteiger partial charge on any atom is 0.249 e. The summed E-state index contributed by atoms with van der Waals surface area (Å²) in [7, 11) is 0. The van der Waals surface area contributed by atoms with Crippen molar-refractivity contribution >= 4 is 23.2 Å². The molecule has 1 aliphatic rings. The van der Waals surface area contributed by atoms with Gasteiger partial charge in [0.15, 0.2) is 11.6 Å². The maximum absolute atomic E-state index is 11.4. The summed E-state index contributed by atoms with van der Waals surface area (Å²) in [5.41, 5.74) is 2.84. The molecule has 1 N–H and O–H groups in total. The van der Waals surface area contributed by atoms with Crippen LogP contribution in [0.5, 0.6) is 0 Å². The Bertz CT molecular complexity index is 953. The Morgan fingerprint density at radius 3 is 2.41 bits per heavy atom. The largest absolute Gasteiger partial charge is 0.353 e. The third-order valence-corrected chi connectivity index (χ3v) is 5.04. The Morgan fingerprint density at radius 2 is 1.72 bits per heavy atom. The van der Waals surface area contributed by atoms with Crippen LogP contribution in [0.25, 0.3) is 0 Å². The lowest BCUT2D eigenvalue weighted by Gasteiger charge is -2.35. The van der Waals surface area contributed by atoms with Gasteiger partial charge in [-0.25, -0.2) is 0 Å². The molecule has 1 aromatic heterocycles. The van der Waals surface area contributed by atoms with E-state index in [0.29, 0.717) is 11.5 Å². The first-order valence-electron chi connectivity index (χ1n) is 9.76. The van der Waals surface area contributed by atoms with Gasteiger partial charge in [-0.3, -0.25) is 9.69 Å². The van der Waals surface area contributed by atoms with Crippen molar-refractivity contribution in [2.24, 2.45) is 0 Å². The second kappa shape index (κ2) is 8.79. The molecule has 0 atom stereocenters. The van der Waals surface area contributed by atoms with Gasteiger partial charge < -0.3 is 10.2 Å². The van der Waals surface area contributed by atoms with Crippen molar-refractivity contribution in [1.29, 1.82) is 0 Å². The first-order chi connectivity index (χ1) is 14.2. The molecule has 0 aliphatic carbocycles. The summed E-state index contributed by atoms with van der Waals surface area (Å²) in [5.74, 6) is 1.31. The molecule has 1 saturated heterocycles. The minimum Gasteiger partial charge on any atom is -0.353 e. The van der Waals surface area contributed by atoms with E-state index in [1.165, 1.54) is 5.56 Å². The van der Waals surface area contributed by atoms with Crippen LogP contribution in [0.1, 0.15) is 22.8 Å². The van der Waals surface area contributed by atoms with E-state index in [9.17, 15) is 4.79 Å². The van der Waals surface area contributed by atoms with Crippen LogP contribution in [0.3, 0.4) is 0 Å². The van der Waals surface area contributed by atoms with Crippen LogP contribution in [0, 0.1) is 0 Å². The molecule has 0 radical (unpaired) electrons. The van der Waals surface area contributed by atoms with Gasteiger partial charge in [0.1, 0.15) is 0 Å². The van der Waals surface area contributed by atoms with Crippen molar-refractivity contribution in [3.8, 4) is 0 Å². The van der Waals surface area contributed by atoms with E-state index in [0.717, 1.165) is 44.2 Å². The number of Topliss-reactive ketones (excluding diaryl/α,β-unsaturated/α-hetero) is 1. The number of nitrogens with one attached hydrogen (secondary N) is 1. The van der Waals surface area contributed by atoms with Crippen molar-refractivity contribution in [2.75, 3.05) is 36.4 Å². The molecule has 148 valence electrons. The SMILES string of the molecule is CC(=O)c1ccc(Nc2nncc(N3CCN(Cc4ccccc4)CC3)n2)cc1. The Labute approximate surface area is 170 Å². The van der Waals surface area contributed by atoms with Gasteiger partial charge in [-0.2, -0.15) is 10.1 Å². The average molecular weight is 388 g/mol. The molecule has 1 aliphatic heterocycles. The number of rotatable bonds is 6. The fourth-order valence-electron chi connectivity index (χ4n) is 3.39. The zero-order chi connectivity index (χ0) is 20.1. The fourth-order valence-corrected chi connectivity index (χ4v) is 3.39. The summed E-state index contributed by atoms with van der Waals surface area (Å²) in [6, 6.07) is 17.8. The van der Waals surface area contributed by atoms with Crippen molar-refractivity contribution in [1.82, 2.24) is 20.1 Å². The number of ketones is 1. The molecule has 2 heterocycles. The van der Waals surface area contributed by atoms with Crippen molar-refractivity contribution in [3.63, 3.8) is 0 Å². The Balaban J connectivity index is 1.36. The van der Waals surface area contributed by atoms with E-state index in [2.05, 4.69) is 54.6 Å². The van der Waals surface area contributed by atoms with Crippen molar-refractivity contribution in [3.05, 3.63) is 71.9 Å². The number of carbonyl (C=O) groups is 1. The zero-order valence-electron chi connectivity index (χ0n) is 16.5. The zero-order valence-corrected chi connectivity index (χ0v) is 16.5. The smallest absolute Gasteiger partial charge is 0.249 e. The first-order valence-corrected chi connectivity index (χ1v) is 9.76. The van der Waals surface area contributed by atoms with Gasteiger partial charge in [0.2, 0.25) is 5.95 Å². The highest BCUT2D eigenvalue weighted by Crippen LogP contribution is 2.18. The fraction of sp³-hybridized carbons (Fsp3) is 0.273. The number of hydrogen-bond donors (Lipinski definition) is 1. The van der Waals surface area contributed by atoms with Crippen LogP contribution >= 0.6 is 0 Å². The van der Waals surface area contributed by atoms with Gasteiger partial charge in [-0.05, 0) is 36.8 Å². The standard InChI is InChI=1S/C22H24N6O/c1-17(29)19-7-9-20(10-8-19)24-22-25-21(15-23-26-22)28-13-11-27(12-14-28)16-18-5-3-2-4-6-18/h2-10,15H,11-14,16H2,1H3,(H,24,25,26). The number of carbonyl (C=O) groups excluding carboxylic acids is 1. The predicted octanol–water partition coefficient (Wildman–Crippen LogP) is 3.14. The van der Waals surface area contributed by atoms with E-state index >= 15 is 0 Å². The quantitative estimate of drug-likeness (QED) is 0.650. The highest BCUT2D eigenvalue weighted by atomic mass is 16.1. The summed E-state index contributed by atoms with van der Waals surface area (Å²) in [6.07, 6.45) is 1.71. The van der Waals surface area contributed by atoms with Crippen LogP contribution < -0.4 is 10.2 Å². The molecule has 3 aromatic rings. The number of hydrogen-bond acceptors (Lipinski definition) is 7. The lowest BCUT2D eigenvalue weighted by atomic mass is 10.1. The molecule has 29 heavy (non-hydrogen) atoms. The van der Waals surface area contributed by atoms with E-state index in [1.807, 2.05) is 18.2 Å². The van der Waals surface area contributed by atoms with E-state index in [-0.39, 0.29) is 5.78 Å². The number of nitrogens with zero attached hydrogens (tertiary/aromatic N) is 5. The molecule has 0 spiro atoms. The van der Waals surface area contributed by atoms with E-state index < -0.39 is 0 Å². The van der Waals surface area contributed by atoms with Crippen LogP contribution in [0.2, 0.25) is 0 Å². The second-order valence-corrected chi connectivity index (χ2v) is 7.15. The third-order valence-electron chi connectivity index (χ3n) is 5.04. The molecule has 0 bridgehead atoms. The molecule has 7 heteroatoms. The van der Waals surface area contributed by atoms with Crippen LogP contribution in [0.15, 0.2) is 60.8 Å². The second-order valence-electron chi connectivity index (χ2n) is 7.15. The van der Waals surface area contributed by atoms with Crippen LogP contribution in [-0.4, -0.2) is 52.0 Å². The summed E-state index contributed by atoms with van der Waals surface area (Å²) in [5, 5.41) is 11.3. The highest BCUT2D eigenvalue weighted by molar-refractivity contribution is 5.94. The molecule has 0 saturated carbocycles. The first kappa shape index (κ1) is 19.0. The Hall–Kier alpha value is -3.32. The number of anilines is 3. The molecule has 7 nitrogen and oxygen atoms in total. The van der Waals surface area contributed by atoms with Gasteiger partial charge in [-0.15, -0.1) is 5.10 Å². The number of piperazine rings is 1. The van der Waals surface area contributed by atoms with Gasteiger partial charge in [0.05, 0.1) is 6.20 Å². The molecule has 0 unspecified atom stereocenters. The Morgan fingerprint density at radius 1 is 1.00 bits per heavy atom. The minimum absolute atomic E-state index is 0.0443. The maximum atomic E-state index is 11.4. The average Bonchev–Trinajstić information content (AvgIpc) is 2.76. The monoisotopic (exact) mass is 388 g/mol. The van der Waals surface area contributed by atoms with Crippen molar-refractivity contribution < 1.29 is 4.79 Å².